The molecule has 1 aromatic carbocycles. The van der Waals surface area contributed by atoms with E-state index in [9.17, 15) is 14.5 Å². The predicted octanol–water partition coefficient (Wildman–Crippen LogP) is 3.20. The molecule has 6 heteroatoms. The zero-order chi connectivity index (χ0) is 12.3. The molecule has 0 amide bonds. The van der Waals surface area contributed by atoms with Gasteiger partial charge in [-0.3, -0.25) is 10.1 Å². The van der Waals surface area contributed by atoms with Crippen LogP contribution in [0.15, 0.2) is 35.8 Å². The van der Waals surface area contributed by atoms with Crippen LogP contribution < -0.4 is 0 Å². The largest absolute Gasteiger partial charge is 0.259 e. The van der Waals surface area contributed by atoms with E-state index in [0.717, 1.165) is 11.8 Å². The lowest BCUT2D eigenvalue weighted by Gasteiger charge is -1.94. The number of nitrogens with zero attached hydrogens (tertiary/aromatic N) is 2. The van der Waals surface area contributed by atoms with Crippen LogP contribution in [0.25, 0.3) is 16.6 Å². The van der Waals surface area contributed by atoms with Gasteiger partial charge in [-0.05, 0) is 24.3 Å². The van der Waals surface area contributed by atoms with Crippen LogP contribution in [-0.4, -0.2) is 9.91 Å². The van der Waals surface area contributed by atoms with Crippen molar-refractivity contribution in [3.05, 3.63) is 57.5 Å². The maximum absolute atomic E-state index is 12.7. The summed E-state index contributed by atoms with van der Waals surface area (Å²) < 4.78 is 12.7. The highest BCUT2D eigenvalue weighted by Crippen LogP contribution is 2.24. The van der Waals surface area contributed by atoms with E-state index in [-0.39, 0.29) is 5.82 Å². The molecule has 2 rings (SSSR count). The number of halogens is 1. The number of rotatable bonds is 3. The van der Waals surface area contributed by atoms with E-state index in [1.54, 1.807) is 17.5 Å². The van der Waals surface area contributed by atoms with Gasteiger partial charge in [0.05, 0.1) is 10.6 Å². The van der Waals surface area contributed by atoms with Gasteiger partial charge in [0.15, 0.2) is 0 Å². The van der Waals surface area contributed by atoms with E-state index < -0.39 is 4.92 Å². The van der Waals surface area contributed by atoms with Crippen LogP contribution in [0.2, 0.25) is 0 Å². The highest BCUT2D eigenvalue weighted by molar-refractivity contribution is 7.13. The lowest BCUT2D eigenvalue weighted by atomic mass is 10.2. The van der Waals surface area contributed by atoms with E-state index in [0.29, 0.717) is 10.7 Å². The minimum absolute atomic E-state index is 0.307. The van der Waals surface area contributed by atoms with E-state index >= 15 is 0 Å². The molecule has 17 heavy (non-hydrogen) atoms. The van der Waals surface area contributed by atoms with Crippen molar-refractivity contribution in [2.45, 2.75) is 0 Å². The normalized spacial score (nSPS) is 10.9. The molecular formula is C11H7FN2O2S. The zero-order valence-electron chi connectivity index (χ0n) is 8.54. The molecule has 4 nitrogen and oxygen atoms in total. The predicted molar refractivity (Wildman–Crippen MR) is 63.5 cm³/mol. The van der Waals surface area contributed by atoms with E-state index in [1.165, 1.54) is 29.5 Å². The van der Waals surface area contributed by atoms with E-state index in [4.69, 9.17) is 0 Å². The highest BCUT2D eigenvalue weighted by atomic mass is 32.1. The minimum Gasteiger partial charge on any atom is -0.259 e. The third kappa shape index (κ3) is 2.94. The second-order valence-corrected chi connectivity index (χ2v) is 4.04. The SMILES string of the molecule is O=[N+]([O-])/C=C/c1csc(-c2ccc(F)cc2)n1. The van der Waals surface area contributed by atoms with Gasteiger partial charge in [-0.15, -0.1) is 11.3 Å². The van der Waals surface area contributed by atoms with Crippen molar-refractivity contribution in [3.63, 3.8) is 0 Å². The summed E-state index contributed by atoms with van der Waals surface area (Å²) in [5.41, 5.74) is 1.31. The Hall–Kier alpha value is -2.08. The molecule has 0 radical (unpaired) electrons. The van der Waals surface area contributed by atoms with Crippen molar-refractivity contribution in [3.8, 4) is 10.6 Å². The first kappa shape index (κ1) is 11.4. The van der Waals surface area contributed by atoms with Crippen molar-refractivity contribution >= 4 is 17.4 Å². The monoisotopic (exact) mass is 250 g/mol. The molecule has 0 fully saturated rings. The van der Waals surface area contributed by atoms with Gasteiger partial charge in [0, 0.05) is 17.0 Å². The Morgan fingerprint density at radius 2 is 2.06 bits per heavy atom. The average molecular weight is 250 g/mol. The molecule has 0 atom stereocenters. The lowest BCUT2D eigenvalue weighted by molar-refractivity contribution is -0.400. The van der Waals surface area contributed by atoms with Crippen LogP contribution in [0, 0.1) is 15.9 Å². The maximum atomic E-state index is 12.7. The van der Waals surface area contributed by atoms with Crippen molar-refractivity contribution in [2.24, 2.45) is 0 Å². The summed E-state index contributed by atoms with van der Waals surface area (Å²) in [5, 5.41) is 12.5. The van der Waals surface area contributed by atoms with E-state index in [1.807, 2.05) is 0 Å². The fourth-order valence-electron chi connectivity index (χ4n) is 1.22. The second kappa shape index (κ2) is 4.84. The smallest absolute Gasteiger partial charge is 0.236 e. The van der Waals surface area contributed by atoms with Crippen molar-refractivity contribution in [1.29, 1.82) is 0 Å². The average Bonchev–Trinajstić information content (AvgIpc) is 2.76. The number of benzene rings is 1. The summed E-state index contributed by atoms with van der Waals surface area (Å²) in [6.45, 7) is 0. The molecule has 0 aliphatic carbocycles. The second-order valence-electron chi connectivity index (χ2n) is 3.19. The fraction of sp³-hybridized carbons (Fsp3) is 0. The molecule has 0 aliphatic heterocycles. The van der Waals surface area contributed by atoms with Crippen molar-refractivity contribution < 1.29 is 9.31 Å². The number of hydrogen-bond donors (Lipinski definition) is 0. The summed E-state index contributed by atoms with van der Waals surface area (Å²) >= 11 is 1.35. The quantitative estimate of drug-likeness (QED) is 0.621. The van der Waals surface area contributed by atoms with Crippen LogP contribution in [0.1, 0.15) is 5.69 Å². The number of hydrogen-bond acceptors (Lipinski definition) is 4. The molecule has 2 aromatic rings. The molecular weight excluding hydrogens is 243 g/mol. The molecule has 0 saturated heterocycles. The van der Waals surface area contributed by atoms with Gasteiger partial charge < -0.3 is 0 Å². The summed E-state index contributed by atoms with van der Waals surface area (Å²) in [5.74, 6) is -0.307. The molecule has 0 bridgehead atoms. The van der Waals surface area contributed by atoms with E-state index in [2.05, 4.69) is 4.98 Å². The molecule has 0 spiro atoms. The van der Waals surface area contributed by atoms with Crippen LogP contribution in [0.3, 0.4) is 0 Å². The first-order valence-corrected chi connectivity index (χ1v) is 5.56. The van der Waals surface area contributed by atoms with Crippen LogP contribution in [-0.2, 0) is 0 Å². The first-order chi connectivity index (χ1) is 8.15. The number of aromatic nitrogens is 1. The Morgan fingerprint density at radius 1 is 1.35 bits per heavy atom. The van der Waals surface area contributed by atoms with Gasteiger partial charge in [0.1, 0.15) is 10.8 Å². The Labute approximate surface area is 100 Å². The molecule has 0 N–H and O–H groups in total. The molecule has 0 saturated carbocycles. The third-order valence-electron chi connectivity index (χ3n) is 1.98. The Bertz CT molecular complexity index is 563. The van der Waals surface area contributed by atoms with Gasteiger partial charge in [-0.2, -0.15) is 0 Å². The highest BCUT2D eigenvalue weighted by Gasteiger charge is 2.03. The molecule has 1 heterocycles. The summed E-state index contributed by atoms with van der Waals surface area (Å²) in [6.07, 6.45) is 2.16. The standard InChI is InChI=1S/C11H7FN2O2S/c12-9-3-1-8(2-4-9)11-13-10(7-17-11)5-6-14(15)16/h1-7H/b6-5+. The summed E-state index contributed by atoms with van der Waals surface area (Å²) in [4.78, 5) is 13.8. The van der Waals surface area contributed by atoms with Crippen LogP contribution in [0.5, 0.6) is 0 Å². The molecule has 1 aromatic heterocycles. The van der Waals surface area contributed by atoms with Gasteiger partial charge in [-0.25, -0.2) is 9.37 Å². The van der Waals surface area contributed by atoms with Crippen molar-refractivity contribution in [2.75, 3.05) is 0 Å². The van der Waals surface area contributed by atoms with Gasteiger partial charge in [0.2, 0.25) is 6.20 Å². The molecule has 86 valence electrons. The lowest BCUT2D eigenvalue weighted by Crippen LogP contribution is -1.83. The van der Waals surface area contributed by atoms with Gasteiger partial charge in [0.25, 0.3) is 0 Å². The third-order valence-corrected chi connectivity index (χ3v) is 2.89. The minimum atomic E-state index is -0.545. The Morgan fingerprint density at radius 3 is 2.71 bits per heavy atom. The number of thiazole rings is 1. The molecule has 0 aliphatic rings. The maximum Gasteiger partial charge on any atom is 0.236 e. The zero-order valence-corrected chi connectivity index (χ0v) is 9.36. The Kier molecular flexibility index (Phi) is 3.24. The summed E-state index contributed by atoms with van der Waals surface area (Å²) in [7, 11) is 0. The number of nitro groups is 1. The molecule has 0 unspecified atom stereocenters. The first-order valence-electron chi connectivity index (χ1n) is 4.68. The fourth-order valence-corrected chi connectivity index (χ4v) is 2.02. The Balaban J connectivity index is 2.23. The van der Waals surface area contributed by atoms with Crippen LogP contribution >= 0.6 is 11.3 Å². The summed E-state index contributed by atoms with van der Waals surface area (Å²) in [6, 6.07) is 5.94. The van der Waals surface area contributed by atoms with Crippen molar-refractivity contribution in [1.82, 2.24) is 4.98 Å². The van der Waals surface area contributed by atoms with Gasteiger partial charge in [-0.1, -0.05) is 0 Å². The topological polar surface area (TPSA) is 56.0 Å². The van der Waals surface area contributed by atoms with Crippen LogP contribution in [0.4, 0.5) is 4.39 Å². The van der Waals surface area contributed by atoms with Gasteiger partial charge >= 0.3 is 0 Å².